The van der Waals surface area contributed by atoms with E-state index in [1.165, 1.54) is 17.7 Å². The van der Waals surface area contributed by atoms with Crippen molar-refractivity contribution in [3.63, 3.8) is 0 Å². The van der Waals surface area contributed by atoms with Crippen molar-refractivity contribution in [2.24, 2.45) is 0 Å². The molecule has 0 radical (unpaired) electrons. The number of carbonyl (C=O) groups is 1. The summed E-state index contributed by atoms with van der Waals surface area (Å²) in [6.07, 6.45) is 1.97. The van der Waals surface area contributed by atoms with E-state index in [1.807, 2.05) is 24.1 Å². The first-order valence-corrected chi connectivity index (χ1v) is 11.4. The van der Waals surface area contributed by atoms with Gasteiger partial charge in [-0.25, -0.2) is 8.42 Å². The number of likely N-dealkylation sites (N-methyl/N-ethyl adjacent to an activating group) is 2. The van der Waals surface area contributed by atoms with Gasteiger partial charge in [0, 0.05) is 18.5 Å². The molecule has 4 rings (SSSR count). The summed E-state index contributed by atoms with van der Waals surface area (Å²) in [6.45, 7) is 3.15. The summed E-state index contributed by atoms with van der Waals surface area (Å²) < 4.78 is 22.2. The first kappa shape index (κ1) is 20.9. The molecule has 6 nitrogen and oxygen atoms in total. The van der Waals surface area contributed by atoms with E-state index in [2.05, 4.69) is 18.9 Å². The van der Waals surface area contributed by atoms with Crippen molar-refractivity contribution in [2.75, 3.05) is 20.6 Å². The number of piperidine rings is 1. The zero-order valence-corrected chi connectivity index (χ0v) is 18.4. The minimum atomic E-state index is -2.62. The van der Waals surface area contributed by atoms with E-state index >= 15 is 0 Å². The van der Waals surface area contributed by atoms with E-state index < -0.39 is 10.7 Å². The van der Waals surface area contributed by atoms with Crippen LogP contribution in [0.1, 0.15) is 30.0 Å². The Labute approximate surface area is 179 Å². The number of phenolic OH excluding ortho intramolecular Hbond substituents is 1. The Morgan fingerprint density at radius 1 is 1.23 bits per heavy atom. The second kappa shape index (κ2) is 7.71. The van der Waals surface area contributed by atoms with Crippen LogP contribution in [0.2, 0.25) is 0 Å². The van der Waals surface area contributed by atoms with Crippen LogP contribution in [0.15, 0.2) is 47.4 Å². The fourth-order valence-electron chi connectivity index (χ4n) is 5.32. The summed E-state index contributed by atoms with van der Waals surface area (Å²) in [6, 6.07) is 12.3. The van der Waals surface area contributed by atoms with Crippen molar-refractivity contribution in [3.05, 3.63) is 59.2 Å². The number of hydrogen-bond acceptors (Lipinski definition) is 5. The molecule has 2 aliphatic rings. The van der Waals surface area contributed by atoms with Gasteiger partial charge in [0.05, 0.1) is 17.4 Å². The number of amides is 1. The van der Waals surface area contributed by atoms with Crippen LogP contribution in [0, 0.1) is 0 Å². The zero-order valence-electron chi connectivity index (χ0n) is 17.5. The molecule has 160 valence electrons. The van der Waals surface area contributed by atoms with Crippen LogP contribution in [-0.2, 0) is 33.8 Å². The Morgan fingerprint density at radius 3 is 2.60 bits per heavy atom. The maximum atomic E-state index is 13.2. The first-order chi connectivity index (χ1) is 14.2. The lowest BCUT2D eigenvalue weighted by Gasteiger charge is -2.57. The van der Waals surface area contributed by atoms with Gasteiger partial charge in [0.2, 0.25) is 5.91 Å². The van der Waals surface area contributed by atoms with Crippen LogP contribution in [0.5, 0.6) is 5.75 Å². The Bertz CT molecular complexity index is 1040. The molecule has 2 aromatic carbocycles. The normalized spacial score (nSPS) is 25.7. The molecule has 1 fully saturated rings. The Kier molecular flexibility index (Phi) is 5.36. The number of likely N-dealkylation sites (tertiary alicyclic amines) is 1. The number of benzene rings is 2. The van der Waals surface area contributed by atoms with Gasteiger partial charge in [-0.2, -0.15) is 0 Å². The van der Waals surface area contributed by atoms with Crippen molar-refractivity contribution >= 4 is 16.6 Å². The summed E-state index contributed by atoms with van der Waals surface area (Å²) >= 11 is 0. The van der Waals surface area contributed by atoms with Crippen molar-refractivity contribution < 1.29 is 18.3 Å². The van der Waals surface area contributed by atoms with Gasteiger partial charge >= 0.3 is 0 Å². The molecule has 1 aliphatic carbocycles. The van der Waals surface area contributed by atoms with E-state index in [0.29, 0.717) is 0 Å². The van der Waals surface area contributed by atoms with Gasteiger partial charge in [-0.05, 0) is 67.4 Å². The van der Waals surface area contributed by atoms with Crippen LogP contribution in [0.4, 0.5) is 0 Å². The molecule has 1 saturated heterocycles. The highest BCUT2D eigenvalue weighted by Gasteiger charge is 2.52. The summed E-state index contributed by atoms with van der Waals surface area (Å²) in [5, 5.41) is 10.1. The minimum Gasteiger partial charge on any atom is -0.508 e. The highest BCUT2D eigenvalue weighted by molar-refractivity contribution is 7.72. The number of fused-ring (bicyclic) bond motifs is 4. The first-order valence-electron chi connectivity index (χ1n) is 10.2. The monoisotopic (exact) mass is 428 g/mol. The molecular weight excluding hydrogens is 400 g/mol. The molecular formula is C23H28N2O4S. The van der Waals surface area contributed by atoms with Crippen LogP contribution in [-0.4, -0.2) is 62.0 Å². The molecule has 1 heterocycles. The fraction of sp³-hybridized carbons (Fsp3) is 0.435. The average Bonchev–Trinajstić information content (AvgIpc) is 2.71. The number of hydrogen-bond donors (Lipinski definition) is 2. The van der Waals surface area contributed by atoms with E-state index in [0.717, 1.165) is 30.5 Å². The lowest BCUT2D eigenvalue weighted by molar-refractivity contribution is -0.136. The number of aromatic hydroxyl groups is 1. The molecule has 1 unspecified atom stereocenters. The minimum absolute atomic E-state index is 0.00607. The third-order valence-electron chi connectivity index (χ3n) is 7.02. The largest absolute Gasteiger partial charge is 0.508 e. The molecule has 3 atom stereocenters. The third kappa shape index (κ3) is 3.50. The molecule has 1 N–H and O–H groups in total. The van der Waals surface area contributed by atoms with Crippen LogP contribution in [0.3, 0.4) is 0 Å². The number of thiol groups is 1. The summed E-state index contributed by atoms with van der Waals surface area (Å²) in [4.78, 5) is 17.7. The van der Waals surface area contributed by atoms with Crippen molar-refractivity contribution in [1.29, 1.82) is 0 Å². The zero-order chi connectivity index (χ0) is 21.6. The highest BCUT2D eigenvalue weighted by Crippen LogP contribution is 2.47. The highest BCUT2D eigenvalue weighted by atomic mass is 32.2. The van der Waals surface area contributed by atoms with Crippen LogP contribution < -0.4 is 0 Å². The standard InChI is InChI=1S/C23H28N2O4S/c1-23-10-11-24(2)20(13-16-6-7-17(26)14-19(16)23)22(23)25(3)21(27)12-15-4-8-18(9-5-15)30(28)29/h4-9,14,20,22,26,30H,10-13H2,1-3H3/t20?,22-,23+/m0/s1. The molecule has 30 heavy (non-hydrogen) atoms. The van der Waals surface area contributed by atoms with E-state index in [1.54, 1.807) is 18.2 Å². The predicted molar refractivity (Wildman–Crippen MR) is 115 cm³/mol. The Hall–Kier alpha value is -2.38. The van der Waals surface area contributed by atoms with E-state index in [4.69, 9.17) is 0 Å². The fourth-order valence-corrected chi connectivity index (χ4v) is 5.72. The predicted octanol–water partition coefficient (Wildman–Crippen LogP) is 1.95. The van der Waals surface area contributed by atoms with Crippen LogP contribution in [0.25, 0.3) is 0 Å². The van der Waals surface area contributed by atoms with Gasteiger partial charge in [0.1, 0.15) is 5.75 Å². The maximum absolute atomic E-state index is 13.2. The number of phenols is 1. The SMILES string of the molecule is CN1CC[C@]2(C)c3cc(O)ccc3CC1[C@@H]2N(C)C(=O)Cc1ccc([SH](=O)=O)cc1. The van der Waals surface area contributed by atoms with Gasteiger partial charge < -0.3 is 14.9 Å². The molecule has 1 amide bonds. The van der Waals surface area contributed by atoms with Gasteiger partial charge in [-0.3, -0.25) is 4.79 Å². The molecule has 2 bridgehead atoms. The second-order valence-corrected chi connectivity index (χ2v) is 9.84. The quantitative estimate of drug-likeness (QED) is 0.728. The average molecular weight is 429 g/mol. The van der Waals surface area contributed by atoms with Crippen molar-refractivity contribution in [2.45, 2.75) is 48.6 Å². The lowest BCUT2D eigenvalue weighted by Crippen LogP contribution is -2.67. The number of nitrogens with zero attached hydrogens (tertiary/aromatic N) is 2. The third-order valence-corrected chi connectivity index (χ3v) is 7.74. The van der Waals surface area contributed by atoms with Gasteiger partial charge in [0.25, 0.3) is 0 Å². The van der Waals surface area contributed by atoms with Gasteiger partial charge in [-0.15, -0.1) is 0 Å². The molecule has 1 aliphatic heterocycles. The lowest BCUT2D eigenvalue weighted by atomic mass is 9.61. The number of carbonyl (C=O) groups excluding carboxylic acids is 1. The van der Waals surface area contributed by atoms with Crippen molar-refractivity contribution in [1.82, 2.24) is 9.80 Å². The molecule has 2 aromatic rings. The summed E-state index contributed by atoms with van der Waals surface area (Å²) in [5.41, 5.74) is 2.94. The van der Waals surface area contributed by atoms with Gasteiger partial charge in [-0.1, -0.05) is 25.1 Å². The summed E-state index contributed by atoms with van der Waals surface area (Å²) in [5.74, 6) is 0.270. The molecule has 0 spiro atoms. The van der Waals surface area contributed by atoms with E-state index in [-0.39, 0.29) is 40.5 Å². The Morgan fingerprint density at radius 2 is 1.93 bits per heavy atom. The molecule has 0 aromatic heterocycles. The van der Waals surface area contributed by atoms with E-state index in [9.17, 15) is 18.3 Å². The second-order valence-electron chi connectivity index (χ2n) is 8.81. The summed E-state index contributed by atoms with van der Waals surface area (Å²) in [7, 11) is 1.37. The number of rotatable bonds is 4. The topological polar surface area (TPSA) is 77.9 Å². The van der Waals surface area contributed by atoms with Gasteiger partial charge in [0.15, 0.2) is 10.7 Å². The van der Waals surface area contributed by atoms with Crippen LogP contribution >= 0.6 is 0 Å². The van der Waals surface area contributed by atoms with Crippen molar-refractivity contribution in [3.8, 4) is 5.75 Å². The molecule has 0 saturated carbocycles. The smallest absolute Gasteiger partial charge is 0.227 e. The Balaban J connectivity index is 1.63. The maximum Gasteiger partial charge on any atom is 0.227 e. The molecule has 7 heteroatoms.